The van der Waals surface area contributed by atoms with Crippen molar-refractivity contribution in [2.24, 2.45) is 5.92 Å². The van der Waals surface area contributed by atoms with Crippen LogP contribution in [0.4, 0.5) is 0 Å². The number of rotatable bonds is 6. The quantitative estimate of drug-likeness (QED) is 0.657. The van der Waals surface area contributed by atoms with E-state index in [0.717, 1.165) is 0 Å². The summed E-state index contributed by atoms with van der Waals surface area (Å²) in [6, 6.07) is 0.0913. The van der Waals surface area contributed by atoms with E-state index in [0.29, 0.717) is 5.92 Å². The van der Waals surface area contributed by atoms with E-state index in [1.54, 1.807) is 0 Å². The molecule has 4 nitrogen and oxygen atoms in total. The van der Waals surface area contributed by atoms with Crippen LogP contribution in [0.3, 0.4) is 0 Å². The summed E-state index contributed by atoms with van der Waals surface area (Å²) in [5.41, 5.74) is 0. The fourth-order valence-electron chi connectivity index (χ4n) is 0.782. The van der Waals surface area contributed by atoms with Crippen LogP contribution in [-0.2, 0) is 15.6 Å². The Morgan fingerprint density at radius 2 is 2.00 bits per heavy atom. The van der Waals surface area contributed by atoms with Crippen LogP contribution in [-0.4, -0.2) is 39.4 Å². The molecule has 0 saturated carbocycles. The maximum absolute atomic E-state index is 11.3. The highest BCUT2D eigenvalue weighted by atomic mass is 32.2. The summed E-state index contributed by atoms with van der Waals surface area (Å²) in [6.07, 6.45) is 0. The highest BCUT2D eigenvalue weighted by molar-refractivity contribution is 7.85. The molecule has 0 aliphatic heterocycles. The van der Waals surface area contributed by atoms with Crippen molar-refractivity contribution in [2.45, 2.75) is 26.8 Å². The highest BCUT2D eigenvalue weighted by Gasteiger charge is 2.12. The molecule has 84 valence electrons. The van der Waals surface area contributed by atoms with Gasteiger partial charge in [0.15, 0.2) is 0 Å². The summed E-state index contributed by atoms with van der Waals surface area (Å²) in [6.45, 7) is 5.79. The van der Waals surface area contributed by atoms with E-state index in [4.69, 9.17) is 5.11 Å². The second-order valence-electron chi connectivity index (χ2n) is 3.61. The number of aliphatic hydroxyl groups excluding tert-OH is 1. The molecule has 0 rings (SSSR count). The Balaban J connectivity index is 3.81. The predicted octanol–water partition coefficient (Wildman–Crippen LogP) is -0.112. The Kier molecular flexibility index (Phi) is 6.74. The molecule has 2 unspecified atom stereocenters. The number of carbonyl (C=O) groups excluding carboxylic acids is 1. The van der Waals surface area contributed by atoms with Gasteiger partial charge < -0.3 is 10.4 Å². The lowest BCUT2D eigenvalue weighted by atomic mass is 10.1. The molecule has 0 heterocycles. The minimum Gasteiger partial charge on any atom is -0.395 e. The SMILES string of the molecule is CC(C)C(C)NC(=O)CS(=O)CCO. The zero-order valence-corrected chi connectivity index (χ0v) is 9.76. The Morgan fingerprint density at radius 1 is 1.43 bits per heavy atom. The Bertz CT molecular complexity index is 206. The third kappa shape index (κ3) is 6.10. The first-order chi connectivity index (χ1) is 6.47. The molecule has 0 aromatic rings. The summed E-state index contributed by atoms with van der Waals surface area (Å²) in [7, 11) is -1.24. The third-order valence-electron chi connectivity index (χ3n) is 2.00. The lowest BCUT2D eigenvalue weighted by molar-refractivity contribution is -0.119. The van der Waals surface area contributed by atoms with Crippen molar-refractivity contribution in [3.8, 4) is 0 Å². The van der Waals surface area contributed by atoms with E-state index in [-0.39, 0.29) is 30.1 Å². The van der Waals surface area contributed by atoms with Crippen LogP contribution in [0.25, 0.3) is 0 Å². The van der Waals surface area contributed by atoms with Gasteiger partial charge in [0.2, 0.25) is 5.91 Å². The van der Waals surface area contributed by atoms with Gasteiger partial charge in [-0.05, 0) is 12.8 Å². The van der Waals surface area contributed by atoms with Gasteiger partial charge >= 0.3 is 0 Å². The molecular formula is C9H19NO3S. The number of carbonyl (C=O) groups is 1. The van der Waals surface area contributed by atoms with Crippen molar-refractivity contribution in [2.75, 3.05) is 18.1 Å². The van der Waals surface area contributed by atoms with Gasteiger partial charge in [0.1, 0.15) is 5.75 Å². The van der Waals surface area contributed by atoms with Gasteiger partial charge in [-0.15, -0.1) is 0 Å². The van der Waals surface area contributed by atoms with Crippen LogP contribution < -0.4 is 5.32 Å². The van der Waals surface area contributed by atoms with Gasteiger partial charge in [-0.1, -0.05) is 13.8 Å². The van der Waals surface area contributed by atoms with Gasteiger partial charge in [0.25, 0.3) is 0 Å². The molecular weight excluding hydrogens is 202 g/mol. The van der Waals surface area contributed by atoms with Crippen molar-refractivity contribution in [3.63, 3.8) is 0 Å². The molecule has 0 bridgehead atoms. The molecule has 0 aliphatic rings. The molecule has 2 atom stereocenters. The van der Waals surface area contributed by atoms with Gasteiger partial charge in [-0.2, -0.15) is 0 Å². The van der Waals surface area contributed by atoms with E-state index >= 15 is 0 Å². The molecule has 0 spiro atoms. The zero-order chi connectivity index (χ0) is 11.1. The van der Waals surface area contributed by atoms with Crippen LogP contribution in [0.15, 0.2) is 0 Å². The largest absolute Gasteiger partial charge is 0.395 e. The summed E-state index contributed by atoms with van der Waals surface area (Å²) < 4.78 is 11.1. The first-order valence-electron chi connectivity index (χ1n) is 4.72. The molecule has 2 N–H and O–H groups in total. The fraction of sp³-hybridized carbons (Fsp3) is 0.889. The van der Waals surface area contributed by atoms with E-state index in [1.165, 1.54) is 0 Å². The molecule has 14 heavy (non-hydrogen) atoms. The zero-order valence-electron chi connectivity index (χ0n) is 8.95. The molecule has 0 aromatic heterocycles. The van der Waals surface area contributed by atoms with Crippen LogP contribution >= 0.6 is 0 Å². The van der Waals surface area contributed by atoms with Crippen molar-refractivity contribution in [1.82, 2.24) is 5.32 Å². The maximum Gasteiger partial charge on any atom is 0.232 e. The summed E-state index contributed by atoms with van der Waals surface area (Å²) in [5.74, 6) is 0.310. The number of hydrogen-bond acceptors (Lipinski definition) is 3. The van der Waals surface area contributed by atoms with E-state index in [2.05, 4.69) is 5.32 Å². The molecule has 0 aliphatic carbocycles. The number of aliphatic hydroxyl groups is 1. The minimum absolute atomic E-state index is 0.0163. The Labute approximate surface area is 87.5 Å². The van der Waals surface area contributed by atoms with Gasteiger partial charge in [0, 0.05) is 22.6 Å². The fourth-order valence-corrected chi connectivity index (χ4v) is 1.51. The topological polar surface area (TPSA) is 66.4 Å². The molecule has 0 aromatic carbocycles. The smallest absolute Gasteiger partial charge is 0.232 e. The molecule has 0 radical (unpaired) electrons. The van der Waals surface area contributed by atoms with E-state index < -0.39 is 10.8 Å². The first kappa shape index (κ1) is 13.6. The van der Waals surface area contributed by atoms with Gasteiger partial charge in [-0.3, -0.25) is 9.00 Å². The monoisotopic (exact) mass is 221 g/mol. The average molecular weight is 221 g/mol. The van der Waals surface area contributed by atoms with Crippen LogP contribution in [0.2, 0.25) is 0 Å². The summed E-state index contributed by atoms with van der Waals surface area (Å²) >= 11 is 0. The summed E-state index contributed by atoms with van der Waals surface area (Å²) in [4.78, 5) is 11.3. The molecule has 0 fully saturated rings. The van der Waals surface area contributed by atoms with Crippen molar-refractivity contribution in [3.05, 3.63) is 0 Å². The highest BCUT2D eigenvalue weighted by Crippen LogP contribution is 1.99. The Hall–Kier alpha value is -0.420. The predicted molar refractivity (Wildman–Crippen MR) is 57.4 cm³/mol. The van der Waals surface area contributed by atoms with Gasteiger partial charge in [0.05, 0.1) is 6.61 Å². The summed E-state index contributed by atoms with van der Waals surface area (Å²) in [5, 5.41) is 11.2. The maximum atomic E-state index is 11.3. The molecule has 5 heteroatoms. The van der Waals surface area contributed by atoms with Crippen LogP contribution in [0, 0.1) is 5.92 Å². The van der Waals surface area contributed by atoms with Gasteiger partial charge in [-0.25, -0.2) is 0 Å². The van der Waals surface area contributed by atoms with E-state index in [1.807, 2.05) is 20.8 Å². The average Bonchev–Trinajstić information content (AvgIpc) is 2.03. The molecule has 1 amide bonds. The third-order valence-corrected chi connectivity index (χ3v) is 3.22. The second-order valence-corrected chi connectivity index (χ2v) is 5.19. The van der Waals surface area contributed by atoms with Crippen molar-refractivity contribution >= 4 is 16.7 Å². The first-order valence-corrected chi connectivity index (χ1v) is 6.21. The lowest BCUT2D eigenvalue weighted by Gasteiger charge is -2.16. The number of nitrogens with one attached hydrogen (secondary N) is 1. The molecule has 0 saturated heterocycles. The lowest BCUT2D eigenvalue weighted by Crippen LogP contribution is -2.39. The van der Waals surface area contributed by atoms with Crippen molar-refractivity contribution < 1.29 is 14.1 Å². The van der Waals surface area contributed by atoms with E-state index in [9.17, 15) is 9.00 Å². The normalized spacial score (nSPS) is 15.2. The second kappa shape index (κ2) is 6.95. The Morgan fingerprint density at radius 3 is 2.43 bits per heavy atom. The minimum atomic E-state index is -1.24. The number of hydrogen-bond donors (Lipinski definition) is 2. The standard InChI is InChI=1S/C9H19NO3S/c1-7(2)8(3)10-9(12)6-14(13)5-4-11/h7-8,11H,4-6H2,1-3H3,(H,10,12). The van der Waals surface area contributed by atoms with Crippen LogP contribution in [0.5, 0.6) is 0 Å². The van der Waals surface area contributed by atoms with Crippen molar-refractivity contribution in [1.29, 1.82) is 0 Å². The van der Waals surface area contributed by atoms with Crippen LogP contribution in [0.1, 0.15) is 20.8 Å². The number of amides is 1.